The Balaban J connectivity index is 1.93. The summed E-state index contributed by atoms with van der Waals surface area (Å²) in [6.45, 7) is 7.58. The van der Waals surface area contributed by atoms with Gasteiger partial charge in [-0.05, 0) is 74.7 Å². The van der Waals surface area contributed by atoms with Crippen molar-refractivity contribution in [3.05, 3.63) is 53.6 Å². The smallest absolute Gasteiger partial charge is 0.262 e. The van der Waals surface area contributed by atoms with Crippen LogP contribution in [0.5, 0.6) is 5.75 Å². The molecule has 2 rings (SSSR count). The minimum Gasteiger partial charge on any atom is -0.484 e. The van der Waals surface area contributed by atoms with Crippen LogP contribution in [0.1, 0.15) is 31.4 Å². The Labute approximate surface area is 161 Å². The predicted molar refractivity (Wildman–Crippen MR) is 107 cm³/mol. The lowest BCUT2D eigenvalue weighted by Crippen LogP contribution is -2.31. The highest BCUT2D eigenvalue weighted by Gasteiger charge is 2.16. The van der Waals surface area contributed by atoms with E-state index < -0.39 is 10.0 Å². The van der Waals surface area contributed by atoms with Gasteiger partial charge in [0.05, 0.1) is 4.90 Å². The predicted octanol–water partition coefficient (Wildman–Crippen LogP) is 3.40. The van der Waals surface area contributed by atoms with Crippen LogP contribution in [0.4, 0.5) is 5.69 Å². The van der Waals surface area contributed by atoms with Crippen molar-refractivity contribution < 1.29 is 17.9 Å². The molecule has 1 atom stereocenters. The van der Waals surface area contributed by atoms with E-state index in [0.29, 0.717) is 17.9 Å². The van der Waals surface area contributed by atoms with Crippen molar-refractivity contribution in [3.8, 4) is 5.75 Å². The van der Waals surface area contributed by atoms with Gasteiger partial charge in [0.1, 0.15) is 5.75 Å². The number of ether oxygens (including phenoxy) is 1. The SMILES string of the molecule is CCC(C)NS(=O)(=O)c1ccc(NC(=O)COc2ccc(C)c(C)c2)cc1. The minimum absolute atomic E-state index is 0.127. The van der Waals surface area contributed by atoms with Gasteiger partial charge in [0.2, 0.25) is 10.0 Å². The van der Waals surface area contributed by atoms with Gasteiger partial charge in [0, 0.05) is 11.7 Å². The Morgan fingerprint density at radius 3 is 2.33 bits per heavy atom. The van der Waals surface area contributed by atoms with E-state index in [1.807, 2.05) is 45.9 Å². The van der Waals surface area contributed by atoms with Gasteiger partial charge >= 0.3 is 0 Å². The highest BCUT2D eigenvalue weighted by atomic mass is 32.2. The fourth-order valence-corrected chi connectivity index (χ4v) is 3.61. The molecule has 0 saturated carbocycles. The summed E-state index contributed by atoms with van der Waals surface area (Å²) < 4.78 is 32.5. The second-order valence-electron chi connectivity index (χ2n) is 6.54. The van der Waals surface area contributed by atoms with Crippen molar-refractivity contribution in [2.75, 3.05) is 11.9 Å². The van der Waals surface area contributed by atoms with Gasteiger partial charge in [-0.25, -0.2) is 13.1 Å². The zero-order valence-corrected chi connectivity index (χ0v) is 16.9. The number of amides is 1. The summed E-state index contributed by atoms with van der Waals surface area (Å²) >= 11 is 0. The molecule has 0 aliphatic heterocycles. The Morgan fingerprint density at radius 1 is 1.07 bits per heavy atom. The van der Waals surface area contributed by atoms with E-state index in [2.05, 4.69) is 10.0 Å². The van der Waals surface area contributed by atoms with Gasteiger partial charge < -0.3 is 10.1 Å². The lowest BCUT2D eigenvalue weighted by atomic mass is 10.1. The van der Waals surface area contributed by atoms with E-state index in [1.165, 1.54) is 12.1 Å². The number of hydrogen-bond acceptors (Lipinski definition) is 4. The summed E-state index contributed by atoms with van der Waals surface area (Å²) in [6, 6.07) is 11.5. The van der Waals surface area contributed by atoms with E-state index >= 15 is 0 Å². The average Bonchev–Trinajstić information content (AvgIpc) is 2.62. The molecular formula is C20H26N2O4S. The van der Waals surface area contributed by atoms with Crippen molar-refractivity contribution >= 4 is 21.6 Å². The van der Waals surface area contributed by atoms with E-state index in [0.717, 1.165) is 11.1 Å². The average molecular weight is 391 g/mol. The first kappa shape index (κ1) is 20.9. The summed E-state index contributed by atoms with van der Waals surface area (Å²) in [5, 5.41) is 2.69. The summed E-state index contributed by atoms with van der Waals surface area (Å²) in [5.41, 5.74) is 2.76. The van der Waals surface area contributed by atoms with Gasteiger partial charge in [-0.1, -0.05) is 13.0 Å². The van der Waals surface area contributed by atoms with Crippen molar-refractivity contribution in [3.63, 3.8) is 0 Å². The number of hydrogen-bond donors (Lipinski definition) is 2. The van der Waals surface area contributed by atoms with Crippen LogP contribution in [0.2, 0.25) is 0 Å². The van der Waals surface area contributed by atoms with E-state index in [1.54, 1.807) is 12.1 Å². The van der Waals surface area contributed by atoms with Crippen molar-refractivity contribution in [2.24, 2.45) is 0 Å². The first-order chi connectivity index (χ1) is 12.7. The van der Waals surface area contributed by atoms with Gasteiger partial charge in [0.25, 0.3) is 5.91 Å². The van der Waals surface area contributed by atoms with Gasteiger partial charge in [-0.3, -0.25) is 4.79 Å². The zero-order chi connectivity index (χ0) is 20.0. The molecule has 0 aromatic heterocycles. The highest BCUT2D eigenvalue weighted by Crippen LogP contribution is 2.17. The van der Waals surface area contributed by atoms with Gasteiger partial charge in [0.15, 0.2) is 6.61 Å². The molecule has 1 amide bonds. The number of carbonyl (C=O) groups excluding carboxylic acids is 1. The zero-order valence-electron chi connectivity index (χ0n) is 16.1. The van der Waals surface area contributed by atoms with E-state index in [9.17, 15) is 13.2 Å². The third-order valence-electron chi connectivity index (χ3n) is 4.27. The molecular weight excluding hydrogens is 364 g/mol. The topological polar surface area (TPSA) is 84.5 Å². The van der Waals surface area contributed by atoms with Crippen LogP contribution in [0, 0.1) is 13.8 Å². The molecule has 1 unspecified atom stereocenters. The number of anilines is 1. The Kier molecular flexibility index (Phi) is 6.98. The summed E-state index contributed by atoms with van der Waals surface area (Å²) in [5.74, 6) is 0.312. The van der Waals surface area contributed by atoms with Gasteiger partial charge in [-0.15, -0.1) is 0 Å². The monoisotopic (exact) mass is 390 g/mol. The molecule has 0 bridgehead atoms. The molecule has 2 N–H and O–H groups in total. The van der Waals surface area contributed by atoms with Crippen molar-refractivity contribution in [1.82, 2.24) is 4.72 Å². The van der Waals surface area contributed by atoms with E-state index in [-0.39, 0.29) is 23.5 Å². The summed E-state index contributed by atoms with van der Waals surface area (Å²) in [6.07, 6.45) is 0.702. The molecule has 2 aromatic rings. The standard InChI is InChI=1S/C20H26N2O4S/c1-5-16(4)22-27(24,25)19-10-7-17(8-11-19)21-20(23)13-26-18-9-6-14(2)15(3)12-18/h6-12,16,22H,5,13H2,1-4H3,(H,21,23). The molecule has 0 aliphatic rings. The molecule has 0 radical (unpaired) electrons. The summed E-state index contributed by atoms with van der Waals surface area (Å²) in [7, 11) is -3.56. The van der Waals surface area contributed by atoms with Crippen molar-refractivity contribution in [1.29, 1.82) is 0 Å². The summed E-state index contributed by atoms with van der Waals surface area (Å²) in [4.78, 5) is 12.2. The quantitative estimate of drug-likeness (QED) is 0.723. The molecule has 27 heavy (non-hydrogen) atoms. The maximum atomic E-state index is 12.2. The first-order valence-corrected chi connectivity index (χ1v) is 10.3. The Hall–Kier alpha value is -2.38. The number of carbonyl (C=O) groups is 1. The molecule has 6 nitrogen and oxygen atoms in total. The lowest BCUT2D eigenvalue weighted by molar-refractivity contribution is -0.118. The molecule has 2 aromatic carbocycles. The maximum Gasteiger partial charge on any atom is 0.262 e. The van der Waals surface area contributed by atoms with Crippen LogP contribution in [0.15, 0.2) is 47.4 Å². The van der Waals surface area contributed by atoms with Crippen LogP contribution in [0.3, 0.4) is 0 Å². The van der Waals surface area contributed by atoms with Crippen molar-refractivity contribution in [2.45, 2.75) is 45.1 Å². The fourth-order valence-electron chi connectivity index (χ4n) is 2.28. The highest BCUT2D eigenvalue weighted by molar-refractivity contribution is 7.89. The fraction of sp³-hybridized carbons (Fsp3) is 0.350. The molecule has 0 fully saturated rings. The lowest BCUT2D eigenvalue weighted by Gasteiger charge is -2.13. The second-order valence-corrected chi connectivity index (χ2v) is 8.25. The minimum atomic E-state index is -3.56. The van der Waals surface area contributed by atoms with E-state index in [4.69, 9.17) is 4.74 Å². The number of rotatable bonds is 8. The normalized spacial score (nSPS) is 12.4. The van der Waals surface area contributed by atoms with Crippen LogP contribution in [-0.4, -0.2) is 27.0 Å². The number of aryl methyl sites for hydroxylation is 2. The van der Waals surface area contributed by atoms with Crippen LogP contribution < -0.4 is 14.8 Å². The number of benzene rings is 2. The molecule has 146 valence electrons. The number of sulfonamides is 1. The molecule has 0 heterocycles. The number of nitrogens with one attached hydrogen (secondary N) is 2. The molecule has 0 aliphatic carbocycles. The van der Waals surface area contributed by atoms with Crippen LogP contribution in [-0.2, 0) is 14.8 Å². The Bertz CT molecular complexity index is 893. The molecule has 0 saturated heterocycles. The first-order valence-electron chi connectivity index (χ1n) is 8.83. The maximum absolute atomic E-state index is 12.2. The van der Waals surface area contributed by atoms with Crippen LogP contribution >= 0.6 is 0 Å². The second kappa shape index (κ2) is 9.01. The third kappa shape index (κ3) is 6.08. The largest absolute Gasteiger partial charge is 0.484 e. The molecule has 7 heteroatoms. The van der Waals surface area contributed by atoms with Crippen LogP contribution in [0.25, 0.3) is 0 Å². The third-order valence-corrected chi connectivity index (χ3v) is 5.87. The Morgan fingerprint density at radius 2 is 1.74 bits per heavy atom. The molecule has 0 spiro atoms. The van der Waals surface area contributed by atoms with Gasteiger partial charge in [-0.2, -0.15) is 0 Å².